The van der Waals surface area contributed by atoms with Crippen molar-refractivity contribution in [3.63, 3.8) is 0 Å². The maximum Gasteiger partial charge on any atom is 0.249 e. The molecule has 0 unspecified atom stereocenters. The standard InChI is InChI=1S/C15H14FN3OS/c1-9-11(16)5-3-6-12(9)17-10(2)15-18-14(19-20-15)13-7-4-8-21-13/h3-8,10,17H,1-2H3/t10-/m1/s1. The largest absolute Gasteiger partial charge is 0.374 e. The zero-order valence-corrected chi connectivity index (χ0v) is 12.4. The van der Waals surface area contributed by atoms with Gasteiger partial charge in [0.2, 0.25) is 11.7 Å². The highest BCUT2D eigenvalue weighted by molar-refractivity contribution is 7.13. The lowest BCUT2D eigenvalue weighted by molar-refractivity contribution is 0.368. The molecule has 1 aromatic carbocycles. The van der Waals surface area contributed by atoms with Crippen molar-refractivity contribution in [2.24, 2.45) is 0 Å². The molecule has 0 radical (unpaired) electrons. The van der Waals surface area contributed by atoms with Crippen molar-refractivity contribution in [3.05, 3.63) is 53.0 Å². The van der Waals surface area contributed by atoms with E-state index in [0.717, 1.165) is 10.6 Å². The van der Waals surface area contributed by atoms with Crippen LogP contribution in [0.2, 0.25) is 0 Å². The molecule has 21 heavy (non-hydrogen) atoms. The third-order valence-corrected chi connectivity index (χ3v) is 4.06. The SMILES string of the molecule is Cc1c(F)cccc1N[C@H](C)c1nc(-c2cccs2)no1. The molecule has 0 amide bonds. The van der Waals surface area contributed by atoms with Crippen molar-refractivity contribution in [2.75, 3.05) is 5.32 Å². The van der Waals surface area contributed by atoms with E-state index in [1.165, 1.54) is 6.07 Å². The Morgan fingerprint density at radius 3 is 2.90 bits per heavy atom. The molecule has 4 nitrogen and oxygen atoms in total. The molecule has 2 aromatic heterocycles. The fraction of sp³-hybridized carbons (Fsp3) is 0.200. The summed E-state index contributed by atoms with van der Waals surface area (Å²) in [6.07, 6.45) is 0. The molecule has 1 atom stereocenters. The quantitative estimate of drug-likeness (QED) is 0.775. The Balaban J connectivity index is 1.79. The highest BCUT2D eigenvalue weighted by atomic mass is 32.1. The minimum Gasteiger partial charge on any atom is -0.374 e. The molecule has 108 valence electrons. The molecule has 3 aromatic rings. The number of aromatic nitrogens is 2. The number of benzene rings is 1. The van der Waals surface area contributed by atoms with Crippen LogP contribution in [0.3, 0.4) is 0 Å². The van der Waals surface area contributed by atoms with Gasteiger partial charge in [-0.2, -0.15) is 4.98 Å². The normalized spacial score (nSPS) is 12.3. The van der Waals surface area contributed by atoms with Crippen LogP contribution in [-0.2, 0) is 0 Å². The van der Waals surface area contributed by atoms with E-state index < -0.39 is 0 Å². The van der Waals surface area contributed by atoms with Crippen LogP contribution in [0.4, 0.5) is 10.1 Å². The van der Waals surface area contributed by atoms with E-state index >= 15 is 0 Å². The lowest BCUT2D eigenvalue weighted by atomic mass is 10.1. The van der Waals surface area contributed by atoms with Gasteiger partial charge in [-0.1, -0.05) is 17.3 Å². The van der Waals surface area contributed by atoms with Crippen LogP contribution in [0.25, 0.3) is 10.7 Å². The average Bonchev–Trinajstić information content (AvgIpc) is 3.13. The van der Waals surface area contributed by atoms with Crippen LogP contribution in [0.5, 0.6) is 0 Å². The lowest BCUT2D eigenvalue weighted by Crippen LogP contribution is -2.08. The van der Waals surface area contributed by atoms with E-state index in [1.54, 1.807) is 24.3 Å². The van der Waals surface area contributed by atoms with E-state index in [4.69, 9.17) is 4.52 Å². The Labute approximate surface area is 125 Å². The lowest BCUT2D eigenvalue weighted by Gasteiger charge is -2.13. The van der Waals surface area contributed by atoms with Crippen molar-refractivity contribution in [3.8, 4) is 10.7 Å². The molecular formula is C15H14FN3OS. The highest BCUT2D eigenvalue weighted by Gasteiger charge is 2.16. The predicted molar refractivity (Wildman–Crippen MR) is 80.8 cm³/mol. The Morgan fingerprint density at radius 1 is 1.29 bits per heavy atom. The summed E-state index contributed by atoms with van der Waals surface area (Å²) in [4.78, 5) is 5.33. The number of thiophene rings is 1. The van der Waals surface area contributed by atoms with Crippen LogP contribution < -0.4 is 5.32 Å². The van der Waals surface area contributed by atoms with Crippen LogP contribution >= 0.6 is 11.3 Å². The van der Waals surface area contributed by atoms with Crippen molar-refractivity contribution in [1.29, 1.82) is 0 Å². The van der Waals surface area contributed by atoms with Gasteiger partial charge in [0, 0.05) is 11.3 Å². The number of hydrogen-bond donors (Lipinski definition) is 1. The summed E-state index contributed by atoms with van der Waals surface area (Å²) >= 11 is 1.55. The van der Waals surface area contributed by atoms with Gasteiger partial charge in [0.25, 0.3) is 0 Å². The highest BCUT2D eigenvalue weighted by Crippen LogP contribution is 2.26. The molecule has 0 aliphatic rings. The molecule has 0 bridgehead atoms. The van der Waals surface area contributed by atoms with Gasteiger partial charge in [-0.3, -0.25) is 0 Å². The Bertz CT molecular complexity index is 739. The molecule has 1 N–H and O–H groups in total. The summed E-state index contributed by atoms with van der Waals surface area (Å²) < 4.78 is 18.8. The minimum absolute atomic E-state index is 0.202. The number of rotatable bonds is 4. The summed E-state index contributed by atoms with van der Waals surface area (Å²) in [6.45, 7) is 3.63. The molecule has 2 heterocycles. The second-order valence-electron chi connectivity index (χ2n) is 4.71. The average molecular weight is 303 g/mol. The van der Waals surface area contributed by atoms with Gasteiger partial charge in [0.15, 0.2) is 0 Å². The monoisotopic (exact) mass is 303 g/mol. The van der Waals surface area contributed by atoms with Crippen molar-refractivity contribution < 1.29 is 8.91 Å². The van der Waals surface area contributed by atoms with Gasteiger partial charge < -0.3 is 9.84 Å². The van der Waals surface area contributed by atoms with Gasteiger partial charge in [0.1, 0.15) is 11.9 Å². The molecule has 0 spiro atoms. The summed E-state index contributed by atoms with van der Waals surface area (Å²) in [5, 5.41) is 9.13. The zero-order valence-electron chi connectivity index (χ0n) is 11.6. The first-order chi connectivity index (χ1) is 10.1. The van der Waals surface area contributed by atoms with E-state index in [1.807, 2.05) is 30.5 Å². The third-order valence-electron chi connectivity index (χ3n) is 3.19. The minimum atomic E-state index is -0.239. The summed E-state index contributed by atoms with van der Waals surface area (Å²) in [6, 6.07) is 8.61. The second-order valence-corrected chi connectivity index (χ2v) is 5.66. The van der Waals surface area contributed by atoms with Crippen molar-refractivity contribution in [1.82, 2.24) is 10.1 Å². The van der Waals surface area contributed by atoms with Gasteiger partial charge in [-0.25, -0.2) is 4.39 Å². The Kier molecular flexibility index (Phi) is 3.70. The third kappa shape index (κ3) is 2.80. The summed E-state index contributed by atoms with van der Waals surface area (Å²) in [5.41, 5.74) is 1.29. The first-order valence-electron chi connectivity index (χ1n) is 6.54. The predicted octanol–water partition coefficient (Wildman–Crippen LogP) is 4.42. The van der Waals surface area contributed by atoms with Crippen LogP contribution in [0.15, 0.2) is 40.2 Å². The molecule has 3 rings (SSSR count). The molecule has 0 saturated carbocycles. The van der Waals surface area contributed by atoms with E-state index in [9.17, 15) is 4.39 Å². The molecular weight excluding hydrogens is 289 g/mol. The zero-order chi connectivity index (χ0) is 14.8. The first kappa shape index (κ1) is 13.8. The number of nitrogens with one attached hydrogen (secondary N) is 1. The number of anilines is 1. The summed E-state index contributed by atoms with van der Waals surface area (Å²) in [5.74, 6) is 0.809. The van der Waals surface area contributed by atoms with Crippen molar-refractivity contribution >= 4 is 17.0 Å². The Morgan fingerprint density at radius 2 is 2.14 bits per heavy atom. The number of halogens is 1. The fourth-order valence-electron chi connectivity index (χ4n) is 1.98. The van der Waals surface area contributed by atoms with Crippen molar-refractivity contribution in [2.45, 2.75) is 19.9 Å². The van der Waals surface area contributed by atoms with E-state index in [2.05, 4.69) is 15.5 Å². The smallest absolute Gasteiger partial charge is 0.249 e. The van der Waals surface area contributed by atoms with Gasteiger partial charge >= 0.3 is 0 Å². The maximum atomic E-state index is 13.5. The maximum absolute atomic E-state index is 13.5. The molecule has 0 saturated heterocycles. The second kappa shape index (κ2) is 5.65. The van der Waals surface area contributed by atoms with Gasteiger partial charge in [-0.05, 0) is 37.4 Å². The van der Waals surface area contributed by atoms with E-state index in [-0.39, 0.29) is 11.9 Å². The number of nitrogens with zero attached hydrogens (tertiary/aromatic N) is 2. The Hall–Kier alpha value is -2.21. The van der Waals surface area contributed by atoms with E-state index in [0.29, 0.717) is 17.3 Å². The molecule has 0 aliphatic heterocycles. The van der Waals surface area contributed by atoms with Crippen LogP contribution in [-0.4, -0.2) is 10.1 Å². The van der Waals surface area contributed by atoms with Gasteiger partial charge in [-0.15, -0.1) is 11.3 Å². The molecule has 6 heteroatoms. The first-order valence-corrected chi connectivity index (χ1v) is 7.42. The molecule has 0 aliphatic carbocycles. The fourth-order valence-corrected chi connectivity index (χ4v) is 2.62. The van der Waals surface area contributed by atoms with Crippen LogP contribution in [0.1, 0.15) is 24.4 Å². The molecule has 0 fully saturated rings. The van der Waals surface area contributed by atoms with Crippen LogP contribution in [0, 0.1) is 12.7 Å². The topological polar surface area (TPSA) is 51.0 Å². The summed E-state index contributed by atoms with van der Waals surface area (Å²) in [7, 11) is 0. The number of hydrogen-bond acceptors (Lipinski definition) is 5. The van der Waals surface area contributed by atoms with Gasteiger partial charge in [0.05, 0.1) is 4.88 Å².